The SMILES string of the molecule is Cc1cc(C(=O)N2CCCCC2CBr)n(C)n1. The summed E-state index contributed by atoms with van der Waals surface area (Å²) in [6, 6.07) is 2.19. The summed E-state index contributed by atoms with van der Waals surface area (Å²) in [6.45, 7) is 2.77. The summed E-state index contributed by atoms with van der Waals surface area (Å²) in [4.78, 5) is 14.4. The van der Waals surface area contributed by atoms with Gasteiger partial charge in [0.05, 0.1) is 5.69 Å². The summed E-state index contributed by atoms with van der Waals surface area (Å²) in [7, 11) is 1.83. The van der Waals surface area contributed by atoms with Crippen molar-refractivity contribution in [2.45, 2.75) is 32.2 Å². The molecule has 1 unspecified atom stereocenters. The molecule has 1 atom stereocenters. The van der Waals surface area contributed by atoms with Crippen LogP contribution in [-0.2, 0) is 7.05 Å². The fourth-order valence-electron chi connectivity index (χ4n) is 2.39. The third-order valence-electron chi connectivity index (χ3n) is 3.29. The molecule has 1 aliphatic rings. The van der Waals surface area contributed by atoms with E-state index in [1.54, 1.807) is 4.68 Å². The van der Waals surface area contributed by atoms with Crippen LogP contribution in [0, 0.1) is 6.92 Å². The van der Waals surface area contributed by atoms with Crippen molar-refractivity contribution >= 4 is 21.8 Å². The number of carbonyl (C=O) groups is 1. The molecule has 1 saturated heterocycles. The zero-order chi connectivity index (χ0) is 12.4. The van der Waals surface area contributed by atoms with Gasteiger partial charge in [0, 0.05) is 25.0 Å². The van der Waals surface area contributed by atoms with E-state index in [0.29, 0.717) is 11.7 Å². The first kappa shape index (κ1) is 12.6. The number of amides is 1. The van der Waals surface area contributed by atoms with E-state index in [0.717, 1.165) is 30.4 Å². The van der Waals surface area contributed by atoms with Gasteiger partial charge in [-0.1, -0.05) is 15.9 Å². The number of aryl methyl sites for hydroxylation is 2. The Kier molecular flexibility index (Phi) is 3.86. The van der Waals surface area contributed by atoms with Gasteiger partial charge in [-0.2, -0.15) is 5.10 Å². The highest BCUT2D eigenvalue weighted by Crippen LogP contribution is 2.21. The van der Waals surface area contributed by atoms with Gasteiger partial charge in [0.2, 0.25) is 0 Å². The molecule has 2 heterocycles. The Morgan fingerprint density at radius 1 is 1.59 bits per heavy atom. The van der Waals surface area contributed by atoms with Crippen molar-refractivity contribution in [2.75, 3.05) is 11.9 Å². The Morgan fingerprint density at radius 2 is 2.35 bits per heavy atom. The summed E-state index contributed by atoms with van der Waals surface area (Å²) >= 11 is 3.50. The van der Waals surface area contributed by atoms with Crippen LogP contribution in [0.15, 0.2) is 6.07 Å². The van der Waals surface area contributed by atoms with Crippen LogP contribution >= 0.6 is 15.9 Å². The molecule has 2 rings (SSSR count). The minimum Gasteiger partial charge on any atom is -0.334 e. The monoisotopic (exact) mass is 299 g/mol. The van der Waals surface area contributed by atoms with E-state index >= 15 is 0 Å². The summed E-state index contributed by atoms with van der Waals surface area (Å²) in [5.41, 5.74) is 1.58. The van der Waals surface area contributed by atoms with Crippen molar-refractivity contribution in [3.8, 4) is 0 Å². The number of aromatic nitrogens is 2. The lowest BCUT2D eigenvalue weighted by atomic mass is 10.0. The van der Waals surface area contributed by atoms with Gasteiger partial charge >= 0.3 is 0 Å². The summed E-state index contributed by atoms with van der Waals surface area (Å²) in [5, 5.41) is 5.09. The van der Waals surface area contributed by atoms with Gasteiger partial charge < -0.3 is 4.90 Å². The number of likely N-dealkylation sites (tertiary alicyclic amines) is 1. The van der Waals surface area contributed by atoms with E-state index in [1.165, 1.54) is 6.42 Å². The van der Waals surface area contributed by atoms with Crippen molar-refractivity contribution < 1.29 is 4.79 Å². The molecular weight excluding hydrogens is 282 g/mol. The van der Waals surface area contributed by atoms with Crippen molar-refractivity contribution in [3.05, 3.63) is 17.5 Å². The first-order valence-corrected chi connectivity index (χ1v) is 7.13. The van der Waals surface area contributed by atoms with Crippen LogP contribution in [0.4, 0.5) is 0 Å². The zero-order valence-electron chi connectivity index (χ0n) is 10.3. The minimum atomic E-state index is 0.109. The predicted octanol–water partition coefficient (Wildman–Crippen LogP) is 2.12. The molecule has 1 aromatic heterocycles. The Hall–Kier alpha value is -0.840. The van der Waals surface area contributed by atoms with E-state index in [-0.39, 0.29) is 5.91 Å². The van der Waals surface area contributed by atoms with Crippen LogP contribution in [0.3, 0.4) is 0 Å². The fraction of sp³-hybridized carbons (Fsp3) is 0.667. The second kappa shape index (κ2) is 5.21. The lowest BCUT2D eigenvalue weighted by Gasteiger charge is -2.34. The lowest BCUT2D eigenvalue weighted by Crippen LogP contribution is -2.45. The van der Waals surface area contributed by atoms with Crippen molar-refractivity contribution in [1.29, 1.82) is 0 Å². The number of rotatable bonds is 2. The largest absolute Gasteiger partial charge is 0.334 e. The molecule has 0 radical (unpaired) electrons. The van der Waals surface area contributed by atoms with Crippen molar-refractivity contribution in [3.63, 3.8) is 0 Å². The molecule has 0 spiro atoms. The van der Waals surface area contributed by atoms with Crippen LogP contribution in [0.5, 0.6) is 0 Å². The van der Waals surface area contributed by atoms with Crippen LogP contribution in [0.1, 0.15) is 35.4 Å². The Bertz CT molecular complexity index is 416. The standard InChI is InChI=1S/C12H18BrN3O/c1-9-7-11(15(2)14-9)12(17)16-6-4-3-5-10(16)8-13/h7,10H,3-6,8H2,1-2H3. The molecule has 0 aromatic carbocycles. The fourth-order valence-corrected chi connectivity index (χ4v) is 3.06. The van der Waals surface area contributed by atoms with Gasteiger partial charge in [-0.05, 0) is 32.3 Å². The van der Waals surface area contributed by atoms with E-state index in [9.17, 15) is 4.79 Å². The van der Waals surface area contributed by atoms with E-state index in [4.69, 9.17) is 0 Å². The highest BCUT2D eigenvalue weighted by atomic mass is 79.9. The third kappa shape index (κ3) is 2.54. The number of nitrogens with zero attached hydrogens (tertiary/aromatic N) is 3. The number of hydrogen-bond acceptors (Lipinski definition) is 2. The van der Waals surface area contributed by atoms with Crippen LogP contribution in [-0.4, -0.2) is 38.5 Å². The Balaban J connectivity index is 2.21. The topological polar surface area (TPSA) is 38.1 Å². The van der Waals surface area contributed by atoms with Crippen molar-refractivity contribution in [2.24, 2.45) is 7.05 Å². The molecule has 0 N–H and O–H groups in total. The summed E-state index contributed by atoms with van der Waals surface area (Å²) in [5.74, 6) is 0.109. The molecule has 94 valence electrons. The molecule has 1 aromatic rings. The first-order valence-electron chi connectivity index (χ1n) is 6.01. The maximum absolute atomic E-state index is 12.4. The highest BCUT2D eigenvalue weighted by Gasteiger charge is 2.28. The predicted molar refractivity (Wildman–Crippen MR) is 70.4 cm³/mol. The molecule has 1 aliphatic heterocycles. The average Bonchev–Trinajstić information content (AvgIpc) is 2.67. The number of alkyl halides is 1. The van der Waals surface area contributed by atoms with E-state index < -0.39 is 0 Å². The second-order valence-corrected chi connectivity index (χ2v) is 5.24. The van der Waals surface area contributed by atoms with Gasteiger partial charge in [-0.3, -0.25) is 9.48 Å². The van der Waals surface area contributed by atoms with Crippen LogP contribution < -0.4 is 0 Å². The van der Waals surface area contributed by atoms with E-state index in [1.807, 2.05) is 24.9 Å². The van der Waals surface area contributed by atoms with Gasteiger partial charge in [-0.25, -0.2) is 0 Å². The zero-order valence-corrected chi connectivity index (χ0v) is 11.9. The van der Waals surface area contributed by atoms with Gasteiger partial charge in [0.1, 0.15) is 5.69 Å². The Labute approximate surface area is 110 Å². The molecular formula is C12H18BrN3O. The highest BCUT2D eigenvalue weighted by molar-refractivity contribution is 9.09. The number of hydrogen-bond donors (Lipinski definition) is 0. The molecule has 1 fully saturated rings. The number of carbonyl (C=O) groups excluding carboxylic acids is 1. The molecule has 17 heavy (non-hydrogen) atoms. The molecule has 1 amide bonds. The van der Waals surface area contributed by atoms with Gasteiger partial charge in [-0.15, -0.1) is 0 Å². The molecule has 0 aliphatic carbocycles. The molecule has 0 saturated carbocycles. The van der Waals surface area contributed by atoms with Gasteiger partial charge in [0.25, 0.3) is 5.91 Å². The van der Waals surface area contributed by atoms with Crippen LogP contribution in [0.2, 0.25) is 0 Å². The number of piperidine rings is 1. The maximum Gasteiger partial charge on any atom is 0.272 e. The second-order valence-electron chi connectivity index (χ2n) is 4.60. The summed E-state index contributed by atoms with van der Waals surface area (Å²) < 4.78 is 1.68. The molecule has 5 heteroatoms. The van der Waals surface area contributed by atoms with Gasteiger partial charge in [0.15, 0.2) is 0 Å². The number of halogens is 1. The molecule has 0 bridgehead atoms. The summed E-state index contributed by atoms with van der Waals surface area (Å²) in [6.07, 6.45) is 3.41. The maximum atomic E-state index is 12.4. The van der Waals surface area contributed by atoms with Crippen LogP contribution in [0.25, 0.3) is 0 Å². The third-order valence-corrected chi connectivity index (χ3v) is 4.03. The normalized spacial score (nSPS) is 20.6. The first-order chi connectivity index (χ1) is 8.13. The Morgan fingerprint density at radius 3 is 2.94 bits per heavy atom. The minimum absolute atomic E-state index is 0.109. The van der Waals surface area contributed by atoms with Crippen molar-refractivity contribution in [1.82, 2.24) is 14.7 Å². The smallest absolute Gasteiger partial charge is 0.272 e. The quantitative estimate of drug-likeness (QED) is 0.785. The molecule has 4 nitrogen and oxygen atoms in total. The average molecular weight is 300 g/mol. The van der Waals surface area contributed by atoms with E-state index in [2.05, 4.69) is 21.0 Å². The lowest BCUT2D eigenvalue weighted by molar-refractivity contribution is 0.0630.